The molecule has 1 heterocycles. The van der Waals surface area contributed by atoms with Crippen molar-refractivity contribution in [2.24, 2.45) is 0 Å². The minimum absolute atomic E-state index is 0.307. The molecule has 0 saturated carbocycles. The van der Waals surface area contributed by atoms with E-state index in [4.69, 9.17) is 0 Å². The molecule has 0 spiro atoms. The van der Waals surface area contributed by atoms with Crippen LogP contribution in [0.5, 0.6) is 5.75 Å². The Hall–Kier alpha value is -1.78. The highest BCUT2D eigenvalue weighted by Gasteiger charge is 2.24. The Labute approximate surface area is 79.7 Å². The maximum absolute atomic E-state index is 12.9. The van der Waals surface area contributed by atoms with Gasteiger partial charge in [-0.05, 0) is 6.07 Å². The third-order valence-corrected chi connectivity index (χ3v) is 2.17. The standard InChI is InChI=1S/C9H9FN2O2/c10-6-3-1-2-5(8(6)13)7-4-11-9(14)12-7/h1-3,7,13H,4H2,(H2,11,12,14)/t7-/m0/s1. The summed E-state index contributed by atoms with van der Waals surface area (Å²) in [6, 6.07) is 3.57. The average Bonchev–Trinajstić information content (AvgIpc) is 2.57. The van der Waals surface area contributed by atoms with E-state index in [1.54, 1.807) is 6.07 Å². The van der Waals surface area contributed by atoms with E-state index in [1.807, 2.05) is 0 Å². The first kappa shape index (κ1) is 8.80. The Morgan fingerprint density at radius 3 is 2.93 bits per heavy atom. The van der Waals surface area contributed by atoms with Crippen molar-refractivity contribution in [2.45, 2.75) is 6.04 Å². The van der Waals surface area contributed by atoms with Crippen molar-refractivity contribution >= 4 is 6.03 Å². The van der Waals surface area contributed by atoms with Gasteiger partial charge in [-0.15, -0.1) is 0 Å². The number of carbonyl (C=O) groups excluding carboxylic acids is 1. The van der Waals surface area contributed by atoms with Crippen LogP contribution in [-0.4, -0.2) is 17.7 Å². The molecule has 0 unspecified atom stereocenters. The Morgan fingerprint density at radius 1 is 1.50 bits per heavy atom. The van der Waals surface area contributed by atoms with Crippen LogP contribution in [0.4, 0.5) is 9.18 Å². The van der Waals surface area contributed by atoms with Crippen LogP contribution < -0.4 is 10.6 Å². The molecule has 1 fully saturated rings. The van der Waals surface area contributed by atoms with E-state index in [0.717, 1.165) is 0 Å². The molecule has 5 heteroatoms. The topological polar surface area (TPSA) is 61.4 Å². The van der Waals surface area contributed by atoms with Gasteiger partial charge in [0.05, 0.1) is 6.04 Å². The lowest BCUT2D eigenvalue weighted by Gasteiger charge is -2.10. The molecule has 0 aliphatic carbocycles. The fraction of sp³-hybridized carbons (Fsp3) is 0.222. The van der Waals surface area contributed by atoms with Gasteiger partial charge in [0.2, 0.25) is 0 Å². The molecule has 2 amide bonds. The monoisotopic (exact) mass is 196 g/mol. The molecule has 3 N–H and O–H groups in total. The van der Waals surface area contributed by atoms with E-state index in [9.17, 15) is 14.3 Å². The summed E-state index contributed by atoms with van der Waals surface area (Å²) < 4.78 is 12.9. The van der Waals surface area contributed by atoms with Gasteiger partial charge < -0.3 is 15.7 Å². The van der Waals surface area contributed by atoms with Crippen LogP contribution in [0.1, 0.15) is 11.6 Å². The molecule has 0 aromatic heterocycles. The first-order valence-corrected chi connectivity index (χ1v) is 4.20. The Bertz CT molecular complexity index is 381. The second kappa shape index (κ2) is 3.17. The van der Waals surface area contributed by atoms with Gasteiger partial charge in [-0.1, -0.05) is 12.1 Å². The zero-order chi connectivity index (χ0) is 10.1. The summed E-state index contributed by atoms with van der Waals surface area (Å²) in [5.41, 5.74) is 0.392. The number of amides is 2. The number of phenolic OH excluding ortho intramolecular Hbond substituents is 1. The second-order valence-electron chi connectivity index (χ2n) is 3.08. The molecule has 0 radical (unpaired) electrons. The maximum atomic E-state index is 12.9. The molecular formula is C9H9FN2O2. The molecule has 4 nitrogen and oxygen atoms in total. The van der Waals surface area contributed by atoms with E-state index < -0.39 is 11.6 Å². The number of hydrogen-bond donors (Lipinski definition) is 3. The largest absolute Gasteiger partial charge is 0.505 e. The van der Waals surface area contributed by atoms with Gasteiger partial charge in [0.15, 0.2) is 11.6 Å². The van der Waals surface area contributed by atoms with Crippen molar-refractivity contribution < 1.29 is 14.3 Å². The number of hydrogen-bond acceptors (Lipinski definition) is 2. The van der Waals surface area contributed by atoms with Crippen molar-refractivity contribution in [3.05, 3.63) is 29.6 Å². The molecule has 0 bridgehead atoms. The molecule has 1 aliphatic heterocycles. The zero-order valence-corrected chi connectivity index (χ0v) is 7.25. The molecule has 74 valence electrons. The fourth-order valence-electron chi connectivity index (χ4n) is 1.46. The lowest BCUT2D eigenvalue weighted by Crippen LogP contribution is -2.21. The third-order valence-electron chi connectivity index (χ3n) is 2.17. The van der Waals surface area contributed by atoms with Crippen LogP contribution >= 0.6 is 0 Å². The van der Waals surface area contributed by atoms with Gasteiger partial charge >= 0.3 is 6.03 Å². The van der Waals surface area contributed by atoms with Gasteiger partial charge in [0, 0.05) is 12.1 Å². The first-order valence-electron chi connectivity index (χ1n) is 4.20. The number of halogens is 1. The highest BCUT2D eigenvalue weighted by molar-refractivity contribution is 5.77. The maximum Gasteiger partial charge on any atom is 0.315 e. The van der Waals surface area contributed by atoms with Crippen LogP contribution in [0.15, 0.2) is 18.2 Å². The number of para-hydroxylation sites is 1. The number of aromatic hydroxyl groups is 1. The van der Waals surface area contributed by atoms with Crippen molar-refractivity contribution in [3.8, 4) is 5.75 Å². The Kier molecular flexibility index (Phi) is 1.99. The summed E-state index contributed by atoms with van der Waals surface area (Å²) in [7, 11) is 0. The predicted octanol–water partition coefficient (Wildman–Crippen LogP) is 0.885. The van der Waals surface area contributed by atoms with Crippen LogP contribution in [0.25, 0.3) is 0 Å². The summed E-state index contributed by atoms with van der Waals surface area (Å²) in [5.74, 6) is -1.08. The fourth-order valence-corrected chi connectivity index (χ4v) is 1.46. The van der Waals surface area contributed by atoms with Gasteiger partial charge in [0.25, 0.3) is 0 Å². The normalized spacial score (nSPS) is 20.4. The summed E-state index contributed by atoms with van der Waals surface area (Å²) in [5, 5.41) is 14.5. The van der Waals surface area contributed by atoms with Gasteiger partial charge in [-0.3, -0.25) is 0 Å². The predicted molar refractivity (Wildman–Crippen MR) is 47.3 cm³/mol. The lowest BCUT2D eigenvalue weighted by atomic mass is 10.1. The highest BCUT2D eigenvalue weighted by Crippen LogP contribution is 2.27. The highest BCUT2D eigenvalue weighted by atomic mass is 19.1. The van der Waals surface area contributed by atoms with Crippen LogP contribution in [0.3, 0.4) is 0 Å². The number of rotatable bonds is 1. The third kappa shape index (κ3) is 1.37. The van der Waals surface area contributed by atoms with Crippen molar-refractivity contribution in [2.75, 3.05) is 6.54 Å². The number of urea groups is 1. The van der Waals surface area contributed by atoms with Crippen molar-refractivity contribution in [1.29, 1.82) is 0 Å². The number of carbonyl (C=O) groups is 1. The van der Waals surface area contributed by atoms with Gasteiger partial charge in [-0.25, -0.2) is 9.18 Å². The lowest BCUT2D eigenvalue weighted by molar-refractivity contribution is 0.247. The Balaban J connectivity index is 2.32. The second-order valence-corrected chi connectivity index (χ2v) is 3.08. The van der Waals surface area contributed by atoms with Crippen LogP contribution in [-0.2, 0) is 0 Å². The Morgan fingerprint density at radius 2 is 2.29 bits per heavy atom. The molecule has 1 aromatic rings. The molecular weight excluding hydrogens is 187 g/mol. The summed E-state index contributed by atoms with van der Waals surface area (Å²) in [4.78, 5) is 10.8. The van der Waals surface area contributed by atoms with Crippen LogP contribution in [0, 0.1) is 5.82 Å². The number of benzene rings is 1. The minimum Gasteiger partial charge on any atom is -0.505 e. The average molecular weight is 196 g/mol. The van der Waals surface area contributed by atoms with E-state index in [0.29, 0.717) is 12.1 Å². The quantitative estimate of drug-likeness (QED) is 0.624. The number of nitrogens with one attached hydrogen (secondary N) is 2. The molecule has 1 saturated heterocycles. The van der Waals surface area contributed by atoms with E-state index in [2.05, 4.69) is 10.6 Å². The van der Waals surface area contributed by atoms with E-state index >= 15 is 0 Å². The molecule has 2 rings (SSSR count). The first-order chi connectivity index (χ1) is 6.68. The van der Waals surface area contributed by atoms with Crippen LogP contribution in [0.2, 0.25) is 0 Å². The SMILES string of the molecule is O=C1NC[C@@H](c2cccc(F)c2O)N1. The van der Waals surface area contributed by atoms with Crippen molar-refractivity contribution in [1.82, 2.24) is 10.6 Å². The number of phenols is 1. The molecule has 1 atom stereocenters. The van der Waals surface area contributed by atoms with E-state index in [-0.39, 0.29) is 12.1 Å². The van der Waals surface area contributed by atoms with Gasteiger partial charge in [-0.2, -0.15) is 0 Å². The molecule has 14 heavy (non-hydrogen) atoms. The summed E-state index contributed by atoms with van der Waals surface area (Å²) >= 11 is 0. The summed E-state index contributed by atoms with van der Waals surface area (Å²) in [6.07, 6.45) is 0. The molecule has 1 aliphatic rings. The summed E-state index contributed by atoms with van der Waals surface area (Å²) in [6.45, 7) is 0.357. The smallest absolute Gasteiger partial charge is 0.315 e. The van der Waals surface area contributed by atoms with E-state index in [1.165, 1.54) is 12.1 Å². The molecule has 1 aromatic carbocycles. The van der Waals surface area contributed by atoms with Gasteiger partial charge in [0.1, 0.15) is 0 Å². The van der Waals surface area contributed by atoms with Crippen molar-refractivity contribution in [3.63, 3.8) is 0 Å². The zero-order valence-electron chi connectivity index (χ0n) is 7.25. The minimum atomic E-state index is -0.677.